The molecular formula is C21H28O6. The van der Waals surface area contributed by atoms with E-state index in [1.54, 1.807) is 0 Å². The molecule has 3 aliphatic rings. The molecule has 2 aliphatic carbocycles. The monoisotopic (exact) mass is 376 g/mol. The Morgan fingerprint density at radius 3 is 2.63 bits per heavy atom. The summed E-state index contributed by atoms with van der Waals surface area (Å²) in [5, 5.41) is 10.3. The quantitative estimate of drug-likeness (QED) is 0.600. The van der Waals surface area contributed by atoms with Crippen molar-refractivity contribution in [3.05, 3.63) is 23.2 Å². The lowest BCUT2D eigenvalue weighted by Crippen LogP contribution is -2.53. The van der Waals surface area contributed by atoms with Crippen molar-refractivity contribution in [1.82, 2.24) is 0 Å². The molecule has 4 atom stereocenters. The zero-order valence-corrected chi connectivity index (χ0v) is 16.5. The van der Waals surface area contributed by atoms with Crippen LogP contribution in [-0.4, -0.2) is 35.4 Å². The summed E-state index contributed by atoms with van der Waals surface area (Å²) >= 11 is 0. The number of ketones is 2. The van der Waals surface area contributed by atoms with Gasteiger partial charge in [0.05, 0.1) is 7.11 Å². The molecule has 0 aromatic carbocycles. The van der Waals surface area contributed by atoms with E-state index in [4.69, 9.17) is 9.47 Å². The maximum absolute atomic E-state index is 12.7. The predicted octanol–water partition coefficient (Wildman–Crippen LogP) is 3.41. The van der Waals surface area contributed by atoms with Crippen molar-refractivity contribution >= 4 is 17.5 Å². The van der Waals surface area contributed by atoms with Crippen LogP contribution >= 0.6 is 0 Å². The fourth-order valence-electron chi connectivity index (χ4n) is 5.22. The van der Waals surface area contributed by atoms with Crippen molar-refractivity contribution in [2.45, 2.75) is 64.9 Å². The summed E-state index contributed by atoms with van der Waals surface area (Å²) in [6.07, 6.45) is 4.86. The van der Waals surface area contributed by atoms with Crippen LogP contribution in [0.2, 0.25) is 0 Å². The smallest absolute Gasteiger partial charge is 0.306 e. The van der Waals surface area contributed by atoms with Gasteiger partial charge in [0.2, 0.25) is 11.6 Å². The minimum atomic E-state index is -0.608. The second kappa shape index (κ2) is 6.80. The first-order valence-corrected chi connectivity index (χ1v) is 9.61. The molecule has 27 heavy (non-hydrogen) atoms. The van der Waals surface area contributed by atoms with E-state index < -0.39 is 28.3 Å². The Morgan fingerprint density at radius 2 is 1.96 bits per heavy atom. The molecule has 1 aliphatic heterocycles. The molecule has 1 saturated heterocycles. The number of aliphatic hydroxyl groups is 1. The van der Waals surface area contributed by atoms with E-state index in [0.29, 0.717) is 6.42 Å². The van der Waals surface area contributed by atoms with E-state index in [1.807, 2.05) is 6.92 Å². The number of ether oxygens (including phenoxy) is 2. The second-order valence-corrected chi connectivity index (χ2v) is 8.59. The van der Waals surface area contributed by atoms with Gasteiger partial charge in [0, 0.05) is 24.0 Å². The lowest BCUT2D eigenvalue weighted by molar-refractivity contribution is -0.179. The number of allylic oxidation sites excluding steroid dienone is 2. The maximum atomic E-state index is 12.7. The summed E-state index contributed by atoms with van der Waals surface area (Å²) in [6.45, 7) is 6.20. The Kier molecular flexibility index (Phi) is 4.95. The molecule has 0 radical (unpaired) electrons. The van der Waals surface area contributed by atoms with Crippen LogP contribution < -0.4 is 0 Å². The summed E-state index contributed by atoms with van der Waals surface area (Å²) in [6, 6.07) is 0. The summed E-state index contributed by atoms with van der Waals surface area (Å²) in [5.41, 5.74) is -0.881. The van der Waals surface area contributed by atoms with Crippen LogP contribution in [0.4, 0.5) is 0 Å². The molecule has 1 saturated carbocycles. The number of carbonyl (C=O) groups is 3. The van der Waals surface area contributed by atoms with Gasteiger partial charge in [-0.15, -0.1) is 0 Å². The van der Waals surface area contributed by atoms with Gasteiger partial charge in [-0.25, -0.2) is 0 Å². The summed E-state index contributed by atoms with van der Waals surface area (Å²) in [7, 11) is 1.34. The van der Waals surface area contributed by atoms with Crippen molar-refractivity contribution in [2.75, 3.05) is 7.11 Å². The fourth-order valence-corrected chi connectivity index (χ4v) is 5.22. The Labute approximate surface area is 159 Å². The average Bonchev–Trinajstić information content (AvgIpc) is 2.77. The molecule has 6 heteroatoms. The van der Waals surface area contributed by atoms with Gasteiger partial charge in [-0.3, -0.25) is 14.4 Å². The molecule has 2 fully saturated rings. The van der Waals surface area contributed by atoms with Crippen LogP contribution in [0.1, 0.15) is 59.3 Å². The summed E-state index contributed by atoms with van der Waals surface area (Å²) < 4.78 is 10.9. The largest absolute Gasteiger partial charge is 0.504 e. The van der Waals surface area contributed by atoms with Gasteiger partial charge in [-0.05, 0) is 50.4 Å². The first-order valence-electron chi connectivity index (χ1n) is 9.61. The third-order valence-electron chi connectivity index (χ3n) is 7.01. The van der Waals surface area contributed by atoms with Crippen molar-refractivity contribution in [3.8, 4) is 0 Å². The maximum Gasteiger partial charge on any atom is 0.306 e. The molecule has 0 amide bonds. The van der Waals surface area contributed by atoms with Gasteiger partial charge in [-0.1, -0.05) is 13.8 Å². The Balaban J connectivity index is 2.00. The van der Waals surface area contributed by atoms with Crippen molar-refractivity contribution in [2.24, 2.45) is 17.3 Å². The number of fused-ring (bicyclic) bond motifs is 1. The molecule has 0 bridgehead atoms. The number of rotatable bonds is 3. The Morgan fingerprint density at radius 1 is 1.26 bits per heavy atom. The zero-order chi connectivity index (χ0) is 20.0. The standard InChI is InChI=1S/C21H28O6/c1-12-8-9-21(3)16(6-5-7-17(23)27-21)20(12,2)11-13-18(24)14(22)10-15(26-4)19(13)25/h10,12,16,24H,5-9,11H2,1-4H3/t12-,16-,20+,21-/m0/s1. The highest BCUT2D eigenvalue weighted by molar-refractivity contribution is 6.20. The highest BCUT2D eigenvalue weighted by Crippen LogP contribution is 2.57. The van der Waals surface area contributed by atoms with Crippen molar-refractivity contribution < 1.29 is 29.0 Å². The fraction of sp³-hybridized carbons (Fsp3) is 0.667. The van der Waals surface area contributed by atoms with Crippen LogP contribution in [0, 0.1) is 17.3 Å². The highest BCUT2D eigenvalue weighted by Gasteiger charge is 2.55. The van der Waals surface area contributed by atoms with Crippen LogP contribution in [0.5, 0.6) is 0 Å². The van der Waals surface area contributed by atoms with E-state index in [9.17, 15) is 19.5 Å². The molecule has 0 aromatic rings. The van der Waals surface area contributed by atoms with Gasteiger partial charge in [-0.2, -0.15) is 0 Å². The average molecular weight is 376 g/mol. The zero-order valence-electron chi connectivity index (χ0n) is 16.5. The molecule has 6 nitrogen and oxygen atoms in total. The molecule has 1 N–H and O–H groups in total. The summed E-state index contributed by atoms with van der Waals surface area (Å²) in [5.74, 6) is -1.48. The van der Waals surface area contributed by atoms with Crippen LogP contribution in [0.15, 0.2) is 23.2 Å². The van der Waals surface area contributed by atoms with Crippen LogP contribution in [-0.2, 0) is 23.9 Å². The van der Waals surface area contributed by atoms with Gasteiger partial charge < -0.3 is 14.6 Å². The molecule has 148 valence electrons. The van der Waals surface area contributed by atoms with Gasteiger partial charge >= 0.3 is 5.97 Å². The minimum Gasteiger partial charge on any atom is -0.504 e. The normalized spacial score (nSPS) is 37.3. The molecule has 1 heterocycles. The topological polar surface area (TPSA) is 89.9 Å². The second-order valence-electron chi connectivity index (χ2n) is 8.59. The number of aliphatic hydroxyl groups excluding tert-OH is 1. The van der Waals surface area contributed by atoms with E-state index in [1.165, 1.54) is 7.11 Å². The molecule has 0 spiro atoms. The third kappa shape index (κ3) is 3.19. The van der Waals surface area contributed by atoms with Crippen LogP contribution in [0.3, 0.4) is 0 Å². The predicted molar refractivity (Wildman–Crippen MR) is 97.7 cm³/mol. The molecule has 3 rings (SSSR count). The van der Waals surface area contributed by atoms with E-state index >= 15 is 0 Å². The number of hydrogen-bond acceptors (Lipinski definition) is 6. The Hall–Kier alpha value is -2.11. The number of methoxy groups -OCH3 is 1. The lowest BCUT2D eigenvalue weighted by Gasteiger charge is -2.54. The van der Waals surface area contributed by atoms with Gasteiger partial charge in [0.25, 0.3) is 0 Å². The highest BCUT2D eigenvalue weighted by atomic mass is 16.6. The summed E-state index contributed by atoms with van der Waals surface area (Å²) in [4.78, 5) is 36.9. The number of carbonyl (C=O) groups excluding carboxylic acids is 3. The SMILES string of the molecule is COC1=CC(=O)C(O)=C(C[C@]2(C)[C@@H](C)CC[C@]3(C)OC(=O)CCC[C@@H]23)C1=O. The molecule has 0 aromatic heterocycles. The molecular weight excluding hydrogens is 348 g/mol. The first kappa shape index (κ1) is 19.6. The van der Waals surface area contributed by atoms with Crippen molar-refractivity contribution in [1.29, 1.82) is 0 Å². The van der Waals surface area contributed by atoms with Crippen LogP contribution in [0.25, 0.3) is 0 Å². The number of esters is 1. The lowest BCUT2D eigenvalue weighted by atomic mass is 9.53. The van der Waals surface area contributed by atoms with E-state index in [0.717, 1.165) is 31.8 Å². The van der Waals surface area contributed by atoms with Gasteiger partial charge in [0.15, 0.2) is 11.5 Å². The van der Waals surface area contributed by atoms with E-state index in [2.05, 4.69) is 13.8 Å². The Bertz CT molecular complexity index is 748. The first-order chi connectivity index (χ1) is 12.6. The third-order valence-corrected chi connectivity index (χ3v) is 7.01. The van der Waals surface area contributed by atoms with E-state index in [-0.39, 0.29) is 35.6 Å². The number of Topliss-reactive ketones (excluding diaryl/α,β-unsaturated/α-hetero) is 1. The van der Waals surface area contributed by atoms with Gasteiger partial charge in [0.1, 0.15) is 5.60 Å². The number of hydrogen-bond donors (Lipinski definition) is 1. The molecule has 0 unspecified atom stereocenters. The van der Waals surface area contributed by atoms with Crippen molar-refractivity contribution in [3.63, 3.8) is 0 Å². The minimum absolute atomic E-state index is 0.0419.